The molecular weight excluding hydrogens is 258 g/mol. The van der Waals surface area contributed by atoms with E-state index < -0.39 is 12.5 Å². The molecule has 0 radical (unpaired) electrons. The van der Waals surface area contributed by atoms with Crippen molar-refractivity contribution in [2.75, 3.05) is 13.7 Å². The van der Waals surface area contributed by atoms with Crippen LogP contribution in [0.25, 0.3) is 0 Å². The van der Waals surface area contributed by atoms with E-state index in [1.807, 2.05) is 0 Å². The van der Waals surface area contributed by atoms with E-state index in [9.17, 15) is 8.78 Å². The summed E-state index contributed by atoms with van der Waals surface area (Å²) in [7, 11) is 1.31. The minimum atomic E-state index is -3.28. The average molecular weight is 267 g/mol. The summed E-state index contributed by atoms with van der Waals surface area (Å²) < 4.78 is 31.6. The molecule has 0 aromatic heterocycles. The van der Waals surface area contributed by atoms with Gasteiger partial charge < -0.3 is 9.84 Å². The molecule has 78 valence electrons. The van der Waals surface area contributed by atoms with Gasteiger partial charge in [0.05, 0.1) is 12.7 Å². The first-order valence-corrected chi connectivity index (χ1v) is 4.63. The Balaban J connectivity index is 3.23. The van der Waals surface area contributed by atoms with E-state index in [2.05, 4.69) is 15.9 Å². The summed E-state index contributed by atoms with van der Waals surface area (Å²) in [4.78, 5) is 0. The Bertz CT molecular complexity index is 329. The van der Waals surface area contributed by atoms with Crippen molar-refractivity contribution in [2.24, 2.45) is 0 Å². The molecule has 0 fully saturated rings. The fourth-order valence-electron chi connectivity index (χ4n) is 1.05. The minimum absolute atomic E-state index is 0.0623. The van der Waals surface area contributed by atoms with Crippen LogP contribution < -0.4 is 4.74 Å². The van der Waals surface area contributed by atoms with Crippen LogP contribution >= 0.6 is 15.9 Å². The summed E-state index contributed by atoms with van der Waals surface area (Å²) in [6.45, 7) is -1.24. The maximum atomic E-state index is 13.2. The molecule has 0 amide bonds. The van der Waals surface area contributed by atoms with Gasteiger partial charge in [0.25, 0.3) is 5.92 Å². The lowest BCUT2D eigenvalue weighted by atomic mass is 10.1. The second-order valence-electron chi connectivity index (χ2n) is 2.71. The quantitative estimate of drug-likeness (QED) is 0.911. The van der Waals surface area contributed by atoms with Crippen molar-refractivity contribution < 1.29 is 18.6 Å². The molecule has 2 nitrogen and oxygen atoms in total. The van der Waals surface area contributed by atoms with Crippen LogP contribution in [0.4, 0.5) is 8.78 Å². The van der Waals surface area contributed by atoms with Gasteiger partial charge >= 0.3 is 0 Å². The first-order valence-electron chi connectivity index (χ1n) is 3.84. The molecule has 1 N–H and O–H groups in total. The van der Waals surface area contributed by atoms with Crippen LogP contribution in [0.3, 0.4) is 0 Å². The molecule has 0 aliphatic rings. The molecule has 0 bridgehead atoms. The number of rotatable bonds is 3. The molecule has 5 heteroatoms. The molecule has 1 aromatic carbocycles. The van der Waals surface area contributed by atoms with Crippen molar-refractivity contribution in [3.8, 4) is 5.75 Å². The second kappa shape index (κ2) is 4.23. The molecule has 0 aliphatic carbocycles. The molecule has 0 aliphatic heterocycles. The largest absolute Gasteiger partial charge is 0.496 e. The molecule has 1 aromatic rings. The van der Waals surface area contributed by atoms with Crippen LogP contribution in [0.2, 0.25) is 0 Å². The summed E-state index contributed by atoms with van der Waals surface area (Å²) in [6.07, 6.45) is 0. The molecular formula is C9H9BrF2O2. The smallest absolute Gasteiger partial charge is 0.299 e. The van der Waals surface area contributed by atoms with Gasteiger partial charge in [0.2, 0.25) is 0 Å². The number of alkyl halides is 2. The van der Waals surface area contributed by atoms with Crippen molar-refractivity contribution >= 4 is 15.9 Å². The molecule has 0 unspecified atom stereocenters. The number of ether oxygens (including phenoxy) is 1. The highest BCUT2D eigenvalue weighted by atomic mass is 79.9. The Hall–Kier alpha value is -0.680. The van der Waals surface area contributed by atoms with Gasteiger partial charge in [-0.3, -0.25) is 0 Å². The standard InChI is InChI=1S/C9H9BrF2O2/c1-14-8-3-2-6(10)4-7(8)9(11,12)5-13/h2-4,13H,5H2,1H3. The van der Waals surface area contributed by atoms with Crippen LogP contribution in [-0.4, -0.2) is 18.8 Å². The second-order valence-corrected chi connectivity index (χ2v) is 3.62. The zero-order chi connectivity index (χ0) is 10.8. The van der Waals surface area contributed by atoms with Gasteiger partial charge in [0, 0.05) is 4.47 Å². The Labute approximate surface area is 88.6 Å². The zero-order valence-corrected chi connectivity index (χ0v) is 9.01. The van der Waals surface area contributed by atoms with Crippen LogP contribution in [0.1, 0.15) is 5.56 Å². The fraction of sp³-hybridized carbons (Fsp3) is 0.333. The fourth-order valence-corrected chi connectivity index (χ4v) is 1.41. The molecule has 0 saturated heterocycles. The summed E-state index contributed by atoms with van der Waals surface area (Å²) in [5.74, 6) is -3.22. The first-order chi connectivity index (χ1) is 6.51. The summed E-state index contributed by atoms with van der Waals surface area (Å²) in [6, 6.07) is 4.24. The molecule has 0 heterocycles. The number of methoxy groups -OCH3 is 1. The highest BCUT2D eigenvalue weighted by Crippen LogP contribution is 2.36. The van der Waals surface area contributed by atoms with Crippen molar-refractivity contribution in [2.45, 2.75) is 5.92 Å². The molecule has 1 rings (SSSR count). The third-order valence-electron chi connectivity index (χ3n) is 1.75. The molecule has 0 atom stereocenters. The Kier molecular flexibility index (Phi) is 3.44. The van der Waals surface area contributed by atoms with Crippen LogP contribution in [0.15, 0.2) is 22.7 Å². The lowest BCUT2D eigenvalue weighted by Crippen LogP contribution is -2.19. The van der Waals surface area contributed by atoms with Crippen molar-refractivity contribution in [1.82, 2.24) is 0 Å². The Morgan fingerprint density at radius 3 is 2.64 bits per heavy atom. The topological polar surface area (TPSA) is 29.5 Å². The first kappa shape index (κ1) is 11.4. The van der Waals surface area contributed by atoms with E-state index in [1.165, 1.54) is 19.2 Å². The number of aliphatic hydroxyl groups excluding tert-OH is 1. The number of benzene rings is 1. The molecule has 0 saturated carbocycles. The minimum Gasteiger partial charge on any atom is -0.496 e. The van der Waals surface area contributed by atoms with Gasteiger partial charge in [0.15, 0.2) is 0 Å². The van der Waals surface area contributed by atoms with E-state index >= 15 is 0 Å². The van der Waals surface area contributed by atoms with Gasteiger partial charge in [-0.2, -0.15) is 8.78 Å². The van der Waals surface area contributed by atoms with E-state index in [0.717, 1.165) is 0 Å². The maximum absolute atomic E-state index is 13.2. The monoisotopic (exact) mass is 266 g/mol. The van der Waals surface area contributed by atoms with Crippen molar-refractivity contribution in [1.29, 1.82) is 0 Å². The van der Waals surface area contributed by atoms with Crippen molar-refractivity contribution in [3.05, 3.63) is 28.2 Å². The van der Waals surface area contributed by atoms with Crippen LogP contribution in [-0.2, 0) is 5.92 Å². The third kappa shape index (κ3) is 2.22. The molecule has 14 heavy (non-hydrogen) atoms. The molecule has 0 spiro atoms. The van der Waals surface area contributed by atoms with E-state index in [-0.39, 0.29) is 11.3 Å². The summed E-state index contributed by atoms with van der Waals surface area (Å²) in [5.41, 5.74) is -0.322. The van der Waals surface area contributed by atoms with Crippen molar-refractivity contribution in [3.63, 3.8) is 0 Å². The number of aliphatic hydroxyl groups is 1. The third-order valence-corrected chi connectivity index (χ3v) is 2.25. The van der Waals surface area contributed by atoms with Gasteiger partial charge in [-0.05, 0) is 18.2 Å². The SMILES string of the molecule is COc1ccc(Br)cc1C(F)(F)CO. The van der Waals surface area contributed by atoms with E-state index in [0.29, 0.717) is 4.47 Å². The van der Waals surface area contributed by atoms with Crippen LogP contribution in [0.5, 0.6) is 5.75 Å². The van der Waals surface area contributed by atoms with Gasteiger partial charge in [-0.1, -0.05) is 15.9 Å². The summed E-state index contributed by atoms with van der Waals surface area (Å²) in [5, 5.41) is 8.54. The highest BCUT2D eigenvalue weighted by molar-refractivity contribution is 9.10. The van der Waals surface area contributed by atoms with Gasteiger partial charge in [0.1, 0.15) is 12.4 Å². The normalized spacial score (nSPS) is 11.5. The van der Waals surface area contributed by atoms with Gasteiger partial charge in [-0.15, -0.1) is 0 Å². The number of hydrogen-bond donors (Lipinski definition) is 1. The number of halogens is 3. The average Bonchev–Trinajstić information content (AvgIpc) is 2.18. The Morgan fingerprint density at radius 1 is 1.50 bits per heavy atom. The van der Waals surface area contributed by atoms with E-state index in [1.54, 1.807) is 6.07 Å². The lowest BCUT2D eigenvalue weighted by molar-refractivity contribution is -0.0571. The number of hydrogen-bond acceptors (Lipinski definition) is 2. The predicted octanol–water partition coefficient (Wildman–Crippen LogP) is 2.54. The van der Waals surface area contributed by atoms with Gasteiger partial charge in [-0.25, -0.2) is 0 Å². The highest BCUT2D eigenvalue weighted by Gasteiger charge is 2.33. The Morgan fingerprint density at radius 2 is 2.14 bits per heavy atom. The summed E-state index contributed by atoms with van der Waals surface area (Å²) >= 11 is 3.08. The zero-order valence-electron chi connectivity index (χ0n) is 7.43. The predicted molar refractivity (Wildman–Crippen MR) is 51.7 cm³/mol. The van der Waals surface area contributed by atoms with Crippen LogP contribution in [0, 0.1) is 0 Å². The van der Waals surface area contributed by atoms with E-state index in [4.69, 9.17) is 9.84 Å². The maximum Gasteiger partial charge on any atom is 0.299 e. The lowest BCUT2D eigenvalue weighted by Gasteiger charge is -2.17.